The molecule has 1 unspecified atom stereocenters. The van der Waals surface area contributed by atoms with E-state index in [0.29, 0.717) is 6.04 Å². The van der Waals surface area contributed by atoms with Gasteiger partial charge in [-0.3, -0.25) is 4.90 Å². The molecule has 1 fully saturated rings. The van der Waals surface area contributed by atoms with Crippen LogP contribution < -0.4 is 0 Å². The third kappa shape index (κ3) is 2.95. The minimum atomic E-state index is 0.251. The Bertz CT molecular complexity index is 413. The van der Waals surface area contributed by atoms with Gasteiger partial charge in [-0.05, 0) is 69.0 Å². The maximum absolute atomic E-state index is 9.33. The number of likely N-dealkylation sites (tertiary alicyclic amines) is 1. The zero-order chi connectivity index (χ0) is 13.1. The third-order valence-corrected chi connectivity index (χ3v) is 4.64. The van der Waals surface area contributed by atoms with Crippen molar-refractivity contribution in [3.63, 3.8) is 0 Å². The zero-order valence-corrected chi connectivity index (χ0v) is 12.8. The molecule has 0 aromatic heterocycles. The van der Waals surface area contributed by atoms with Gasteiger partial charge in [-0.25, -0.2) is 0 Å². The van der Waals surface area contributed by atoms with Gasteiger partial charge in [0.1, 0.15) is 0 Å². The summed E-state index contributed by atoms with van der Waals surface area (Å²) in [5, 5.41) is 9.33. The number of halogens is 1. The van der Waals surface area contributed by atoms with Crippen molar-refractivity contribution in [3.05, 3.63) is 33.3 Å². The fraction of sp³-hybridized carbons (Fsp3) is 0.600. The minimum Gasteiger partial charge on any atom is -0.396 e. The van der Waals surface area contributed by atoms with Crippen LogP contribution in [0.15, 0.2) is 16.6 Å². The molecule has 2 rings (SSSR count). The smallest absolute Gasteiger partial charge is 0.0449 e. The lowest BCUT2D eigenvalue weighted by atomic mass is 9.98. The van der Waals surface area contributed by atoms with E-state index in [0.717, 1.165) is 19.5 Å². The fourth-order valence-electron chi connectivity index (χ4n) is 2.77. The van der Waals surface area contributed by atoms with Gasteiger partial charge in [0.05, 0.1) is 0 Å². The van der Waals surface area contributed by atoms with Crippen molar-refractivity contribution < 1.29 is 5.11 Å². The van der Waals surface area contributed by atoms with E-state index in [1.165, 1.54) is 34.0 Å². The number of hydrogen-bond acceptors (Lipinski definition) is 2. The van der Waals surface area contributed by atoms with E-state index >= 15 is 0 Å². The lowest BCUT2D eigenvalue weighted by Gasteiger charge is -2.29. The first kappa shape index (κ1) is 14.0. The highest BCUT2D eigenvalue weighted by Crippen LogP contribution is 2.34. The van der Waals surface area contributed by atoms with Gasteiger partial charge in [0, 0.05) is 17.1 Å². The largest absolute Gasteiger partial charge is 0.396 e. The van der Waals surface area contributed by atoms with Gasteiger partial charge in [0.15, 0.2) is 0 Å². The van der Waals surface area contributed by atoms with Crippen LogP contribution in [0, 0.1) is 13.8 Å². The van der Waals surface area contributed by atoms with Crippen molar-refractivity contribution in [3.8, 4) is 0 Å². The van der Waals surface area contributed by atoms with Crippen LogP contribution in [0.5, 0.6) is 0 Å². The normalized spacial score (nSPS) is 18.2. The second-order valence-corrected chi connectivity index (χ2v) is 6.08. The SMILES string of the molecule is Cc1cc(Br)c(C(CCO)N2CCCC2)cc1C. The Hall–Kier alpha value is -0.380. The molecule has 0 saturated carbocycles. The van der Waals surface area contributed by atoms with Gasteiger partial charge in [-0.2, -0.15) is 0 Å². The molecule has 0 amide bonds. The number of aliphatic hydroxyl groups excluding tert-OH is 1. The average Bonchev–Trinajstić information content (AvgIpc) is 2.85. The van der Waals surface area contributed by atoms with E-state index < -0.39 is 0 Å². The molecule has 0 spiro atoms. The summed E-state index contributed by atoms with van der Waals surface area (Å²) in [6.45, 7) is 6.86. The topological polar surface area (TPSA) is 23.5 Å². The molecule has 1 aromatic carbocycles. The highest BCUT2D eigenvalue weighted by Gasteiger charge is 2.24. The third-order valence-electron chi connectivity index (χ3n) is 3.96. The summed E-state index contributed by atoms with van der Waals surface area (Å²) in [5.41, 5.74) is 3.97. The van der Waals surface area contributed by atoms with Crippen molar-refractivity contribution in [1.82, 2.24) is 4.90 Å². The molecule has 1 aliphatic heterocycles. The molecule has 18 heavy (non-hydrogen) atoms. The molecule has 2 nitrogen and oxygen atoms in total. The number of rotatable bonds is 4. The van der Waals surface area contributed by atoms with E-state index in [2.05, 4.69) is 46.8 Å². The van der Waals surface area contributed by atoms with Crippen molar-refractivity contribution in [2.24, 2.45) is 0 Å². The molecule has 0 aliphatic carbocycles. The van der Waals surface area contributed by atoms with E-state index in [4.69, 9.17) is 0 Å². The van der Waals surface area contributed by atoms with Crippen LogP contribution in [0.3, 0.4) is 0 Å². The zero-order valence-electron chi connectivity index (χ0n) is 11.2. The molecular weight excluding hydrogens is 290 g/mol. The molecule has 0 bridgehead atoms. The molecule has 0 radical (unpaired) electrons. The Morgan fingerprint density at radius 1 is 1.22 bits per heavy atom. The Balaban J connectivity index is 2.32. The number of aliphatic hydroxyl groups is 1. The molecule has 1 heterocycles. The van der Waals surface area contributed by atoms with Crippen LogP contribution in [0.1, 0.15) is 42.0 Å². The number of nitrogens with zero attached hydrogens (tertiary/aromatic N) is 1. The Morgan fingerprint density at radius 2 is 1.83 bits per heavy atom. The van der Waals surface area contributed by atoms with Crippen LogP contribution in [-0.4, -0.2) is 29.7 Å². The second kappa shape index (κ2) is 6.18. The van der Waals surface area contributed by atoms with Gasteiger partial charge in [-0.15, -0.1) is 0 Å². The first-order valence-electron chi connectivity index (χ1n) is 6.75. The number of hydrogen-bond donors (Lipinski definition) is 1. The summed E-state index contributed by atoms with van der Waals surface area (Å²) in [5.74, 6) is 0. The standard InChI is InChI=1S/C15H22BrNO/c1-11-9-13(14(16)10-12(11)2)15(5-8-18)17-6-3-4-7-17/h9-10,15,18H,3-8H2,1-2H3. The lowest BCUT2D eigenvalue weighted by Crippen LogP contribution is -2.27. The monoisotopic (exact) mass is 311 g/mol. The summed E-state index contributed by atoms with van der Waals surface area (Å²) in [6.07, 6.45) is 3.38. The van der Waals surface area contributed by atoms with Crippen molar-refractivity contribution in [2.45, 2.75) is 39.2 Å². The summed E-state index contributed by atoms with van der Waals surface area (Å²) in [6, 6.07) is 4.83. The molecule has 1 aromatic rings. The van der Waals surface area contributed by atoms with Crippen molar-refractivity contribution in [1.29, 1.82) is 0 Å². The Kier molecular flexibility index (Phi) is 4.82. The molecule has 1 atom stereocenters. The summed E-state index contributed by atoms with van der Waals surface area (Å²) in [7, 11) is 0. The van der Waals surface area contributed by atoms with E-state index in [1.807, 2.05) is 0 Å². The molecule has 1 saturated heterocycles. The Labute approximate surface area is 118 Å². The first-order valence-corrected chi connectivity index (χ1v) is 7.54. The summed E-state index contributed by atoms with van der Waals surface area (Å²) in [4.78, 5) is 2.51. The molecule has 3 heteroatoms. The average molecular weight is 312 g/mol. The molecule has 100 valence electrons. The highest BCUT2D eigenvalue weighted by molar-refractivity contribution is 9.10. The number of aryl methyl sites for hydroxylation is 2. The van der Waals surface area contributed by atoms with E-state index in [1.54, 1.807) is 0 Å². The maximum atomic E-state index is 9.33. The summed E-state index contributed by atoms with van der Waals surface area (Å²) < 4.78 is 1.18. The summed E-state index contributed by atoms with van der Waals surface area (Å²) >= 11 is 3.69. The first-order chi connectivity index (χ1) is 8.63. The van der Waals surface area contributed by atoms with Crippen molar-refractivity contribution in [2.75, 3.05) is 19.7 Å². The van der Waals surface area contributed by atoms with Gasteiger partial charge >= 0.3 is 0 Å². The van der Waals surface area contributed by atoms with E-state index in [-0.39, 0.29) is 6.61 Å². The predicted molar refractivity (Wildman–Crippen MR) is 78.9 cm³/mol. The van der Waals surface area contributed by atoms with Crippen LogP contribution >= 0.6 is 15.9 Å². The van der Waals surface area contributed by atoms with Crippen LogP contribution in [0.2, 0.25) is 0 Å². The highest BCUT2D eigenvalue weighted by atomic mass is 79.9. The van der Waals surface area contributed by atoms with Crippen LogP contribution in [0.25, 0.3) is 0 Å². The van der Waals surface area contributed by atoms with Gasteiger partial charge in [0.2, 0.25) is 0 Å². The quantitative estimate of drug-likeness (QED) is 0.918. The predicted octanol–water partition coefficient (Wildman–Crippen LogP) is 3.59. The molecule has 1 N–H and O–H groups in total. The molecular formula is C15H22BrNO. The van der Waals surface area contributed by atoms with Gasteiger partial charge < -0.3 is 5.11 Å². The van der Waals surface area contributed by atoms with Crippen LogP contribution in [-0.2, 0) is 0 Å². The van der Waals surface area contributed by atoms with Crippen molar-refractivity contribution >= 4 is 15.9 Å². The maximum Gasteiger partial charge on any atom is 0.0449 e. The minimum absolute atomic E-state index is 0.251. The van der Waals surface area contributed by atoms with Gasteiger partial charge in [-0.1, -0.05) is 22.0 Å². The van der Waals surface area contributed by atoms with E-state index in [9.17, 15) is 5.11 Å². The fourth-order valence-corrected chi connectivity index (χ4v) is 3.49. The lowest BCUT2D eigenvalue weighted by molar-refractivity contribution is 0.185. The van der Waals surface area contributed by atoms with Crippen LogP contribution in [0.4, 0.5) is 0 Å². The van der Waals surface area contributed by atoms with Gasteiger partial charge in [0.25, 0.3) is 0 Å². The Morgan fingerprint density at radius 3 is 2.44 bits per heavy atom. The molecule has 1 aliphatic rings. The number of benzene rings is 1. The second-order valence-electron chi connectivity index (χ2n) is 5.23.